The van der Waals surface area contributed by atoms with Crippen molar-refractivity contribution in [3.63, 3.8) is 0 Å². The number of aromatic nitrogens is 4. The molecule has 0 unspecified atom stereocenters. The molecule has 4 aromatic rings. The van der Waals surface area contributed by atoms with E-state index in [9.17, 15) is 4.79 Å². The number of hydrogen-bond donors (Lipinski definition) is 1. The summed E-state index contributed by atoms with van der Waals surface area (Å²) in [5.74, 6) is 1.02. The molecule has 2 aromatic carbocycles. The van der Waals surface area contributed by atoms with Crippen molar-refractivity contribution in [2.45, 2.75) is 41.7 Å². The molecule has 164 valence electrons. The molecule has 9 heteroatoms. The van der Waals surface area contributed by atoms with Crippen LogP contribution in [-0.2, 0) is 11.3 Å². The molecule has 0 spiro atoms. The predicted molar refractivity (Wildman–Crippen MR) is 133 cm³/mol. The molecule has 32 heavy (non-hydrogen) atoms. The summed E-state index contributed by atoms with van der Waals surface area (Å²) in [6, 6.07) is 15.9. The molecule has 6 nitrogen and oxygen atoms in total. The van der Waals surface area contributed by atoms with Crippen LogP contribution < -0.4 is 5.32 Å². The Morgan fingerprint density at radius 3 is 2.56 bits per heavy atom. The maximum absolute atomic E-state index is 12.5. The summed E-state index contributed by atoms with van der Waals surface area (Å²) < 4.78 is 3.06. The summed E-state index contributed by atoms with van der Waals surface area (Å²) in [7, 11) is 0. The maximum atomic E-state index is 12.5. The van der Waals surface area contributed by atoms with Gasteiger partial charge in [0.2, 0.25) is 5.91 Å². The number of hydrogen-bond acceptors (Lipinski definition) is 7. The van der Waals surface area contributed by atoms with E-state index in [1.807, 2.05) is 59.3 Å². The molecule has 0 saturated heterocycles. The van der Waals surface area contributed by atoms with E-state index in [-0.39, 0.29) is 11.7 Å². The zero-order valence-electron chi connectivity index (χ0n) is 18.0. The molecule has 0 aliphatic rings. The van der Waals surface area contributed by atoms with Crippen LogP contribution in [0.2, 0.25) is 0 Å². The quantitative estimate of drug-likeness (QED) is 0.315. The molecule has 0 saturated carbocycles. The third-order valence-electron chi connectivity index (χ3n) is 4.69. The average Bonchev–Trinajstić information content (AvgIpc) is 3.39. The molecule has 0 radical (unpaired) electrons. The van der Waals surface area contributed by atoms with Crippen LogP contribution in [0, 0.1) is 13.8 Å². The van der Waals surface area contributed by atoms with E-state index in [0.29, 0.717) is 0 Å². The molecular formula is C23H23N5OS3. The SMILES string of the molecule is CCn1c(SCC(=O)Nc2ccc(Sc3nc(C)cs3)cc2)nnc1-c1ccccc1C. The van der Waals surface area contributed by atoms with Crippen LogP contribution in [0.4, 0.5) is 5.69 Å². The highest BCUT2D eigenvalue weighted by Crippen LogP contribution is 2.31. The number of benzene rings is 2. The highest BCUT2D eigenvalue weighted by molar-refractivity contribution is 8.01. The molecular weight excluding hydrogens is 458 g/mol. The van der Waals surface area contributed by atoms with Gasteiger partial charge in [0.05, 0.1) is 5.75 Å². The maximum Gasteiger partial charge on any atom is 0.234 e. The Bertz CT molecular complexity index is 1220. The van der Waals surface area contributed by atoms with Gasteiger partial charge in [-0.2, -0.15) is 0 Å². The van der Waals surface area contributed by atoms with Gasteiger partial charge in [-0.1, -0.05) is 47.8 Å². The Hall–Kier alpha value is -2.62. The molecule has 0 aliphatic carbocycles. The molecule has 0 atom stereocenters. The molecule has 1 N–H and O–H groups in total. The Labute approximate surface area is 199 Å². The summed E-state index contributed by atoms with van der Waals surface area (Å²) in [5, 5.41) is 14.4. The number of thiazole rings is 1. The number of aryl methyl sites for hydroxylation is 2. The van der Waals surface area contributed by atoms with Crippen LogP contribution in [0.3, 0.4) is 0 Å². The summed E-state index contributed by atoms with van der Waals surface area (Å²) in [6.07, 6.45) is 0. The fourth-order valence-electron chi connectivity index (χ4n) is 3.12. The zero-order chi connectivity index (χ0) is 22.5. The van der Waals surface area contributed by atoms with Gasteiger partial charge < -0.3 is 9.88 Å². The number of carbonyl (C=O) groups is 1. The number of rotatable bonds is 8. The summed E-state index contributed by atoms with van der Waals surface area (Å²) in [6.45, 7) is 6.84. The van der Waals surface area contributed by atoms with Gasteiger partial charge in [-0.15, -0.1) is 21.5 Å². The zero-order valence-corrected chi connectivity index (χ0v) is 20.5. The third kappa shape index (κ3) is 5.40. The second kappa shape index (κ2) is 10.3. The molecule has 2 heterocycles. The topological polar surface area (TPSA) is 72.7 Å². The first kappa shape index (κ1) is 22.6. The minimum atomic E-state index is -0.0750. The van der Waals surface area contributed by atoms with Gasteiger partial charge >= 0.3 is 0 Å². The number of amides is 1. The Morgan fingerprint density at radius 1 is 1.09 bits per heavy atom. The molecule has 1 amide bonds. The third-order valence-corrected chi connectivity index (χ3v) is 7.72. The first-order valence-corrected chi connectivity index (χ1v) is 12.8. The largest absolute Gasteiger partial charge is 0.325 e. The fraction of sp³-hybridized carbons (Fsp3) is 0.217. The van der Waals surface area contributed by atoms with E-state index in [2.05, 4.69) is 40.4 Å². The van der Waals surface area contributed by atoms with E-state index in [1.165, 1.54) is 11.8 Å². The smallest absolute Gasteiger partial charge is 0.234 e. The molecule has 2 aromatic heterocycles. The second-order valence-corrected chi connectivity index (χ2v) is 10.2. The van der Waals surface area contributed by atoms with Crippen molar-refractivity contribution in [2.75, 3.05) is 11.1 Å². The number of anilines is 1. The van der Waals surface area contributed by atoms with Crippen LogP contribution in [0.15, 0.2) is 68.3 Å². The van der Waals surface area contributed by atoms with Crippen molar-refractivity contribution < 1.29 is 4.79 Å². The van der Waals surface area contributed by atoms with E-state index < -0.39 is 0 Å². The predicted octanol–water partition coefficient (Wildman–Crippen LogP) is 5.92. The monoisotopic (exact) mass is 481 g/mol. The van der Waals surface area contributed by atoms with Crippen molar-refractivity contribution in [1.29, 1.82) is 0 Å². The lowest BCUT2D eigenvalue weighted by molar-refractivity contribution is -0.113. The van der Waals surface area contributed by atoms with Gasteiger partial charge in [0.25, 0.3) is 0 Å². The van der Waals surface area contributed by atoms with E-state index in [1.54, 1.807) is 23.1 Å². The summed E-state index contributed by atoms with van der Waals surface area (Å²) >= 11 is 4.65. The lowest BCUT2D eigenvalue weighted by Crippen LogP contribution is -2.14. The Morgan fingerprint density at radius 2 is 1.88 bits per heavy atom. The van der Waals surface area contributed by atoms with Crippen molar-refractivity contribution in [3.05, 3.63) is 65.2 Å². The van der Waals surface area contributed by atoms with Gasteiger partial charge in [0, 0.05) is 33.8 Å². The lowest BCUT2D eigenvalue weighted by atomic mass is 10.1. The first-order chi connectivity index (χ1) is 15.5. The van der Waals surface area contributed by atoms with E-state index in [0.717, 1.165) is 49.3 Å². The second-order valence-electron chi connectivity index (χ2n) is 7.08. The summed E-state index contributed by atoms with van der Waals surface area (Å²) in [5.41, 5.74) is 4.01. The van der Waals surface area contributed by atoms with Gasteiger partial charge in [0.1, 0.15) is 0 Å². The Balaban J connectivity index is 1.35. The van der Waals surface area contributed by atoms with Gasteiger partial charge in [-0.05, 0) is 50.6 Å². The van der Waals surface area contributed by atoms with E-state index in [4.69, 9.17) is 0 Å². The van der Waals surface area contributed by atoms with Crippen LogP contribution in [0.1, 0.15) is 18.2 Å². The minimum absolute atomic E-state index is 0.0750. The van der Waals surface area contributed by atoms with Crippen molar-refractivity contribution >= 4 is 46.5 Å². The number of nitrogens with one attached hydrogen (secondary N) is 1. The van der Waals surface area contributed by atoms with Gasteiger partial charge in [0.15, 0.2) is 15.3 Å². The standard InChI is InChI=1S/C23H23N5OS3/c1-4-28-21(19-8-6-5-7-15(19)2)26-27-22(28)30-14-20(29)25-17-9-11-18(12-10-17)32-23-24-16(3)13-31-23/h5-13H,4,14H2,1-3H3,(H,25,29). The molecule has 0 bridgehead atoms. The highest BCUT2D eigenvalue weighted by Gasteiger charge is 2.16. The van der Waals surface area contributed by atoms with Crippen molar-refractivity contribution in [1.82, 2.24) is 19.7 Å². The first-order valence-electron chi connectivity index (χ1n) is 10.2. The van der Waals surface area contributed by atoms with Crippen LogP contribution >= 0.6 is 34.9 Å². The van der Waals surface area contributed by atoms with Gasteiger partial charge in [-0.3, -0.25) is 4.79 Å². The lowest BCUT2D eigenvalue weighted by Gasteiger charge is -2.09. The number of carbonyl (C=O) groups excluding carboxylic acids is 1. The van der Waals surface area contributed by atoms with Crippen LogP contribution in [0.25, 0.3) is 11.4 Å². The molecule has 0 fully saturated rings. The molecule has 0 aliphatic heterocycles. The average molecular weight is 482 g/mol. The number of nitrogens with zero attached hydrogens (tertiary/aromatic N) is 4. The highest BCUT2D eigenvalue weighted by atomic mass is 32.2. The van der Waals surface area contributed by atoms with Crippen LogP contribution in [0.5, 0.6) is 0 Å². The van der Waals surface area contributed by atoms with Gasteiger partial charge in [-0.25, -0.2) is 4.98 Å². The van der Waals surface area contributed by atoms with Crippen molar-refractivity contribution in [2.24, 2.45) is 0 Å². The van der Waals surface area contributed by atoms with Crippen molar-refractivity contribution in [3.8, 4) is 11.4 Å². The van der Waals surface area contributed by atoms with Crippen LogP contribution in [-0.4, -0.2) is 31.4 Å². The van der Waals surface area contributed by atoms with E-state index >= 15 is 0 Å². The normalized spacial score (nSPS) is 11.0. The number of thioether (sulfide) groups is 1. The minimum Gasteiger partial charge on any atom is -0.325 e. The summed E-state index contributed by atoms with van der Waals surface area (Å²) in [4.78, 5) is 18.0. The molecule has 4 rings (SSSR count). The fourth-order valence-corrected chi connectivity index (χ4v) is 5.73. The Kier molecular flexibility index (Phi) is 7.29.